The molecule has 2 rings (SSSR count). The number of anilines is 1. The van der Waals surface area contributed by atoms with Gasteiger partial charge in [0.15, 0.2) is 0 Å². The molecule has 1 atom stereocenters. The second-order valence-corrected chi connectivity index (χ2v) is 5.79. The summed E-state index contributed by atoms with van der Waals surface area (Å²) >= 11 is 17.8. The summed E-state index contributed by atoms with van der Waals surface area (Å²) in [6, 6.07) is 12.0. The first kappa shape index (κ1) is 15.4. The van der Waals surface area contributed by atoms with Gasteiger partial charge in [-0.25, -0.2) is 4.98 Å². The molecule has 0 aliphatic rings. The van der Waals surface area contributed by atoms with Crippen molar-refractivity contribution in [2.75, 3.05) is 11.9 Å². The van der Waals surface area contributed by atoms with Gasteiger partial charge in [-0.1, -0.05) is 72.1 Å². The van der Waals surface area contributed by atoms with Gasteiger partial charge in [0.1, 0.15) is 11.0 Å². The number of nitrogens with zero attached hydrogens (tertiary/aromatic N) is 1. The van der Waals surface area contributed by atoms with Crippen molar-refractivity contribution in [2.24, 2.45) is 0 Å². The van der Waals surface area contributed by atoms with E-state index in [1.165, 1.54) is 5.56 Å². The lowest BCUT2D eigenvalue weighted by molar-refractivity contribution is 0.705. The highest BCUT2D eigenvalue weighted by Gasteiger charge is 2.09. The quantitative estimate of drug-likeness (QED) is 0.717. The minimum Gasteiger partial charge on any atom is -0.369 e. The summed E-state index contributed by atoms with van der Waals surface area (Å²) in [5.41, 5.74) is 1.32. The van der Waals surface area contributed by atoms with E-state index >= 15 is 0 Å². The Morgan fingerprint density at radius 2 is 1.80 bits per heavy atom. The highest BCUT2D eigenvalue weighted by atomic mass is 35.5. The highest BCUT2D eigenvalue weighted by Crippen LogP contribution is 2.29. The molecule has 0 spiro atoms. The molecule has 0 radical (unpaired) electrons. The number of hydrogen-bond donors (Lipinski definition) is 1. The molecule has 0 bridgehead atoms. The van der Waals surface area contributed by atoms with Crippen LogP contribution in [0.25, 0.3) is 0 Å². The number of halogens is 3. The Morgan fingerprint density at radius 1 is 1.10 bits per heavy atom. The number of pyridine rings is 1. The normalized spacial score (nSPS) is 12.2. The first-order chi connectivity index (χ1) is 9.58. The highest BCUT2D eigenvalue weighted by molar-refractivity contribution is 6.42. The molecule has 0 fully saturated rings. The SMILES string of the molecule is CC(CCNc1nc(Cl)c(Cl)cc1Cl)c1ccccc1. The fraction of sp³-hybridized carbons (Fsp3) is 0.267. The second-order valence-electron chi connectivity index (χ2n) is 4.62. The molecule has 2 nitrogen and oxygen atoms in total. The zero-order valence-corrected chi connectivity index (χ0v) is 13.3. The molecule has 20 heavy (non-hydrogen) atoms. The van der Waals surface area contributed by atoms with E-state index < -0.39 is 0 Å². The lowest BCUT2D eigenvalue weighted by Gasteiger charge is -2.13. The molecular formula is C15H15Cl3N2. The molecule has 1 aromatic carbocycles. The van der Waals surface area contributed by atoms with Gasteiger partial charge in [-0.2, -0.15) is 0 Å². The van der Waals surface area contributed by atoms with Gasteiger partial charge >= 0.3 is 0 Å². The first-order valence-electron chi connectivity index (χ1n) is 6.38. The average molecular weight is 330 g/mol. The van der Waals surface area contributed by atoms with Crippen LogP contribution in [-0.4, -0.2) is 11.5 Å². The lowest BCUT2D eigenvalue weighted by Crippen LogP contribution is -2.07. The van der Waals surface area contributed by atoms with Crippen LogP contribution in [0.5, 0.6) is 0 Å². The zero-order chi connectivity index (χ0) is 14.5. The third kappa shape index (κ3) is 4.02. The van der Waals surface area contributed by atoms with Gasteiger partial charge in [0.05, 0.1) is 10.0 Å². The maximum absolute atomic E-state index is 6.07. The van der Waals surface area contributed by atoms with Gasteiger partial charge in [0, 0.05) is 6.54 Å². The van der Waals surface area contributed by atoms with Crippen molar-refractivity contribution >= 4 is 40.6 Å². The van der Waals surface area contributed by atoms with Crippen LogP contribution < -0.4 is 5.32 Å². The molecule has 0 aliphatic carbocycles. The fourth-order valence-corrected chi connectivity index (χ4v) is 2.49. The van der Waals surface area contributed by atoms with Crippen LogP contribution in [-0.2, 0) is 0 Å². The molecular weight excluding hydrogens is 315 g/mol. The van der Waals surface area contributed by atoms with Crippen LogP contribution in [0.1, 0.15) is 24.8 Å². The van der Waals surface area contributed by atoms with E-state index in [1.54, 1.807) is 6.07 Å². The number of nitrogens with one attached hydrogen (secondary N) is 1. The minimum absolute atomic E-state index is 0.259. The topological polar surface area (TPSA) is 24.9 Å². The Balaban J connectivity index is 1.92. The zero-order valence-electron chi connectivity index (χ0n) is 11.0. The van der Waals surface area contributed by atoms with Gasteiger partial charge in [-0.05, 0) is 24.0 Å². The van der Waals surface area contributed by atoms with Crippen molar-refractivity contribution in [3.8, 4) is 0 Å². The summed E-state index contributed by atoms with van der Waals surface area (Å²) in [6.45, 7) is 2.96. The van der Waals surface area contributed by atoms with Gasteiger partial charge in [-0.15, -0.1) is 0 Å². The average Bonchev–Trinajstić information content (AvgIpc) is 2.45. The standard InChI is InChI=1S/C15H15Cl3N2/c1-10(11-5-3-2-4-6-11)7-8-19-15-13(17)9-12(16)14(18)20-15/h2-6,9-10H,7-8H2,1H3,(H,19,20). The molecule has 2 aromatic rings. The molecule has 0 saturated heterocycles. The molecule has 1 heterocycles. The smallest absolute Gasteiger partial charge is 0.150 e. The lowest BCUT2D eigenvalue weighted by atomic mass is 9.98. The minimum atomic E-state index is 0.259. The van der Waals surface area contributed by atoms with E-state index in [0.29, 0.717) is 21.8 Å². The predicted octanol–water partition coefficient (Wildman–Crippen LogP) is 5.65. The monoisotopic (exact) mass is 328 g/mol. The largest absolute Gasteiger partial charge is 0.369 e. The number of benzene rings is 1. The van der Waals surface area contributed by atoms with Crippen LogP contribution in [0.15, 0.2) is 36.4 Å². The number of rotatable bonds is 5. The third-order valence-corrected chi connectivity index (χ3v) is 4.09. The maximum atomic E-state index is 6.07. The van der Waals surface area contributed by atoms with E-state index in [-0.39, 0.29) is 5.15 Å². The Labute approximate surface area is 134 Å². The Morgan fingerprint density at radius 3 is 2.50 bits per heavy atom. The molecule has 106 valence electrons. The van der Waals surface area contributed by atoms with Crippen molar-refractivity contribution < 1.29 is 0 Å². The summed E-state index contributed by atoms with van der Waals surface area (Å²) in [5.74, 6) is 1.03. The van der Waals surface area contributed by atoms with Crippen molar-refractivity contribution in [3.05, 3.63) is 57.2 Å². The van der Waals surface area contributed by atoms with E-state index in [0.717, 1.165) is 13.0 Å². The molecule has 0 amide bonds. The van der Waals surface area contributed by atoms with Crippen LogP contribution in [0.2, 0.25) is 15.2 Å². The second kappa shape index (κ2) is 7.16. The van der Waals surface area contributed by atoms with E-state index in [2.05, 4.69) is 41.5 Å². The van der Waals surface area contributed by atoms with E-state index in [9.17, 15) is 0 Å². The Hall–Kier alpha value is -0.960. The van der Waals surface area contributed by atoms with Crippen LogP contribution in [0, 0.1) is 0 Å². The molecule has 5 heteroatoms. The third-order valence-electron chi connectivity index (χ3n) is 3.13. The van der Waals surface area contributed by atoms with Crippen molar-refractivity contribution in [2.45, 2.75) is 19.3 Å². The number of hydrogen-bond acceptors (Lipinski definition) is 2. The van der Waals surface area contributed by atoms with Gasteiger partial charge in [0.2, 0.25) is 0 Å². The van der Waals surface area contributed by atoms with Crippen molar-refractivity contribution in [1.29, 1.82) is 0 Å². The Bertz CT molecular complexity index is 573. The summed E-state index contributed by atoms with van der Waals surface area (Å²) < 4.78 is 0. The molecule has 1 N–H and O–H groups in total. The summed E-state index contributed by atoms with van der Waals surface area (Å²) in [4.78, 5) is 4.13. The predicted molar refractivity (Wildman–Crippen MR) is 87.2 cm³/mol. The van der Waals surface area contributed by atoms with E-state index in [4.69, 9.17) is 34.8 Å². The van der Waals surface area contributed by atoms with E-state index in [1.807, 2.05) is 6.07 Å². The Kier molecular flexibility index (Phi) is 5.53. The molecule has 0 saturated carbocycles. The van der Waals surface area contributed by atoms with Crippen LogP contribution in [0.4, 0.5) is 5.82 Å². The first-order valence-corrected chi connectivity index (χ1v) is 7.51. The fourth-order valence-electron chi connectivity index (χ4n) is 1.92. The van der Waals surface area contributed by atoms with Crippen LogP contribution >= 0.6 is 34.8 Å². The van der Waals surface area contributed by atoms with Gasteiger partial charge in [0.25, 0.3) is 0 Å². The van der Waals surface area contributed by atoms with Gasteiger partial charge in [-0.3, -0.25) is 0 Å². The van der Waals surface area contributed by atoms with Crippen molar-refractivity contribution in [3.63, 3.8) is 0 Å². The summed E-state index contributed by atoms with van der Waals surface area (Å²) in [6.07, 6.45) is 0.974. The number of aromatic nitrogens is 1. The van der Waals surface area contributed by atoms with Gasteiger partial charge < -0.3 is 5.32 Å². The molecule has 1 unspecified atom stereocenters. The van der Waals surface area contributed by atoms with Crippen molar-refractivity contribution in [1.82, 2.24) is 4.98 Å². The summed E-state index contributed by atoms with van der Waals surface area (Å²) in [7, 11) is 0. The van der Waals surface area contributed by atoms with Crippen LogP contribution in [0.3, 0.4) is 0 Å². The molecule has 0 aliphatic heterocycles. The summed E-state index contributed by atoms with van der Waals surface area (Å²) in [5, 5.41) is 4.29. The molecule has 1 aromatic heterocycles. The maximum Gasteiger partial charge on any atom is 0.150 e.